The fourth-order valence-corrected chi connectivity index (χ4v) is 2.47. The molecule has 0 spiro atoms. The van der Waals surface area contributed by atoms with E-state index in [1.54, 1.807) is 0 Å². The van der Waals surface area contributed by atoms with Gasteiger partial charge in [-0.3, -0.25) is 4.79 Å². The molecule has 0 saturated carbocycles. The second-order valence-electron chi connectivity index (χ2n) is 6.11. The van der Waals surface area contributed by atoms with Gasteiger partial charge in [-0.2, -0.15) is 0 Å². The quantitative estimate of drug-likeness (QED) is 0.926. The van der Waals surface area contributed by atoms with Gasteiger partial charge in [0.25, 0.3) is 5.91 Å². The van der Waals surface area contributed by atoms with Gasteiger partial charge in [-0.05, 0) is 39.0 Å². The van der Waals surface area contributed by atoms with E-state index in [4.69, 9.17) is 0 Å². The Hall–Kier alpha value is -1.65. The first-order valence-electron chi connectivity index (χ1n) is 7.91. The smallest absolute Gasteiger partial charge is 0.270 e. The topological polar surface area (TPSA) is 58.1 Å². The predicted molar refractivity (Wildman–Crippen MR) is 84.6 cm³/mol. The zero-order valence-electron chi connectivity index (χ0n) is 13.5. The lowest BCUT2D eigenvalue weighted by molar-refractivity contribution is 0.0934. The van der Waals surface area contributed by atoms with E-state index in [0.29, 0.717) is 11.5 Å². The van der Waals surface area contributed by atoms with E-state index in [0.717, 1.165) is 31.2 Å². The molecule has 1 aromatic rings. The largest absolute Gasteiger partial charge is 0.356 e. The molecule has 1 aliphatic rings. The number of rotatable bonds is 4. The Kier molecular flexibility index (Phi) is 5.15. The molecule has 1 aromatic heterocycles. The maximum Gasteiger partial charge on any atom is 0.270 e. The maximum atomic E-state index is 12.2. The van der Waals surface area contributed by atoms with Gasteiger partial charge < -0.3 is 10.2 Å². The Morgan fingerprint density at radius 3 is 2.71 bits per heavy atom. The molecule has 1 N–H and O–H groups in total. The molecule has 2 heterocycles. The van der Waals surface area contributed by atoms with Crippen LogP contribution in [0.15, 0.2) is 6.07 Å². The Labute approximate surface area is 127 Å². The van der Waals surface area contributed by atoms with Crippen molar-refractivity contribution in [2.75, 3.05) is 18.0 Å². The van der Waals surface area contributed by atoms with Gasteiger partial charge in [0.2, 0.25) is 0 Å². The van der Waals surface area contributed by atoms with Gasteiger partial charge in [0.1, 0.15) is 17.3 Å². The first-order chi connectivity index (χ1) is 9.99. The molecule has 21 heavy (non-hydrogen) atoms. The van der Waals surface area contributed by atoms with E-state index in [1.165, 1.54) is 12.8 Å². The Morgan fingerprint density at radius 1 is 1.43 bits per heavy atom. The van der Waals surface area contributed by atoms with Gasteiger partial charge in [0.05, 0.1) is 0 Å². The standard InChI is InChI=1S/C16H26N4O/c1-5-12(3)17-16(21)14-10-15(19-13(4)18-14)20-8-6-11(2)7-9-20/h10-12H,5-9H2,1-4H3,(H,17,21). The Bertz CT molecular complexity index is 495. The fourth-order valence-electron chi connectivity index (χ4n) is 2.47. The highest BCUT2D eigenvalue weighted by atomic mass is 16.1. The number of hydrogen-bond acceptors (Lipinski definition) is 4. The predicted octanol–water partition coefficient (Wildman–Crippen LogP) is 2.55. The van der Waals surface area contributed by atoms with E-state index < -0.39 is 0 Å². The summed E-state index contributed by atoms with van der Waals surface area (Å²) in [5.74, 6) is 2.20. The number of hydrogen-bond donors (Lipinski definition) is 1. The fraction of sp³-hybridized carbons (Fsp3) is 0.688. The van der Waals surface area contributed by atoms with Crippen LogP contribution in [0.5, 0.6) is 0 Å². The molecule has 1 unspecified atom stereocenters. The molecule has 5 nitrogen and oxygen atoms in total. The molecule has 0 radical (unpaired) electrons. The lowest BCUT2D eigenvalue weighted by Gasteiger charge is -2.31. The summed E-state index contributed by atoms with van der Waals surface area (Å²) in [4.78, 5) is 23.3. The summed E-state index contributed by atoms with van der Waals surface area (Å²) in [5.41, 5.74) is 0.469. The summed E-state index contributed by atoms with van der Waals surface area (Å²) in [6.07, 6.45) is 3.27. The van der Waals surface area contributed by atoms with Crippen LogP contribution in [0.3, 0.4) is 0 Å². The normalized spacial score (nSPS) is 17.6. The van der Waals surface area contributed by atoms with Crippen molar-refractivity contribution < 1.29 is 4.79 Å². The minimum absolute atomic E-state index is 0.110. The van der Waals surface area contributed by atoms with Crippen molar-refractivity contribution in [3.05, 3.63) is 17.6 Å². The third-order valence-corrected chi connectivity index (χ3v) is 4.15. The molecule has 1 saturated heterocycles. The van der Waals surface area contributed by atoms with Gasteiger partial charge in [0, 0.05) is 25.2 Å². The molecular weight excluding hydrogens is 264 g/mol. The highest BCUT2D eigenvalue weighted by Gasteiger charge is 2.19. The summed E-state index contributed by atoms with van der Waals surface area (Å²) < 4.78 is 0. The van der Waals surface area contributed by atoms with E-state index in [1.807, 2.05) is 19.9 Å². The molecule has 1 atom stereocenters. The van der Waals surface area contributed by atoms with E-state index in [2.05, 4.69) is 34.0 Å². The summed E-state index contributed by atoms with van der Waals surface area (Å²) >= 11 is 0. The summed E-state index contributed by atoms with van der Waals surface area (Å²) in [5, 5.41) is 2.96. The van der Waals surface area contributed by atoms with Gasteiger partial charge in [0.15, 0.2) is 0 Å². The number of amides is 1. The molecule has 5 heteroatoms. The number of nitrogens with one attached hydrogen (secondary N) is 1. The molecule has 0 bridgehead atoms. The third-order valence-electron chi connectivity index (χ3n) is 4.15. The van der Waals surface area contributed by atoms with Crippen molar-refractivity contribution in [3.8, 4) is 0 Å². The van der Waals surface area contributed by atoms with Crippen molar-refractivity contribution in [3.63, 3.8) is 0 Å². The highest BCUT2D eigenvalue weighted by Crippen LogP contribution is 2.21. The van der Waals surface area contributed by atoms with Crippen LogP contribution < -0.4 is 10.2 Å². The van der Waals surface area contributed by atoms with Crippen LogP contribution in [0.4, 0.5) is 5.82 Å². The average Bonchev–Trinajstić information content (AvgIpc) is 2.47. The van der Waals surface area contributed by atoms with Crippen LogP contribution in [-0.2, 0) is 0 Å². The van der Waals surface area contributed by atoms with Crippen molar-refractivity contribution in [1.82, 2.24) is 15.3 Å². The zero-order chi connectivity index (χ0) is 15.4. The number of anilines is 1. The number of piperidine rings is 1. The molecular formula is C16H26N4O. The summed E-state index contributed by atoms with van der Waals surface area (Å²) in [6.45, 7) is 10.2. The SMILES string of the molecule is CCC(C)NC(=O)c1cc(N2CCC(C)CC2)nc(C)n1. The molecule has 1 amide bonds. The van der Waals surface area contributed by atoms with Gasteiger partial charge in [-0.1, -0.05) is 13.8 Å². The van der Waals surface area contributed by atoms with Gasteiger partial charge in [-0.25, -0.2) is 9.97 Å². The van der Waals surface area contributed by atoms with Crippen molar-refractivity contribution in [2.24, 2.45) is 5.92 Å². The third kappa shape index (κ3) is 4.16. The van der Waals surface area contributed by atoms with E-state index >= 15 is 0 Å². The van der Waals surface area contributed by atoms with Gasteiger partial charge in [-0.15, -0.1) is 0 Å². The summed E-state index contributed by atoms with van der Waals surface area (Å²) in [7, 11) is 0. The second-order valence-corrected chi connectivity index (χ2v) is 6.11. The number of aryl methyl sites for hydroxylation is 1. The van der Waals surface area contributed by atoms with Gasteiger partial charge >= 0.3 is 0 Å². The minimum atomic E-state index is -0.110. The van der Waals surface area contributed by atoms with Crippen molar-refractivity contribution in [2.45, 2.75) is 53.0 Å². The monoisotopic (exact) mass is 290 g/mol. The van der Waals surface area contributed by atoms with E-state index in [9.17, 15) is 4.79 Å². The lowest BCUT2D eigenvalue weighted by Crippen LogP contribution is -2.35. The van der Waals surface area contributed by atoms with E-state index in [-0.39, 0.29) is 11.9 Å². The molecule has 1 aliphatic heterocycles. The number of nitrogens with zero attached hydrogens (tertiary/aromatic N) is 3. The van der Waals surface area contributed by atoms with Crippen LogP contribution in [0.25, 0.3) is 0 Å². The Balaban J connectivity index is 2.15. The molecule has 116 valence electrons. The average molecular weight is 290 g/mol. The van der Waals surface area contributed by atoms with Crippen molar-refractivity contribution in [1.29, 1.82) is 0 Å². The number of aromatic nitrogens is 2. The number of carbonyl (C=O) groups is 1. The lowest BCUT2D eigenvalue weighted by atomic mass is 9.99. The molecule has 0 aliphatic carbocycles. The summed E-state index contributed by atoms with van der Waals surface area (Å²) in [6, 6.07) is 1.98. The van der Waals surface area contributed by atoms with Crippen molar-refractivity contribution >= 4 is 11.7 Å². The first-order valence-corrected chi connectivity index (χ1v) is 7.91. The zero-order valence-corrected chi connectivity index (χ0v) is 13.5. The highest BCUT2D eigenvalue weighted by molar-refractivity contribution is 5.93. The maximum absolute atomic E-state index is 12.2. The van der Waals surface area contributed by atoms with Crippen LogP contribution in [0, 0.1) is 12.8 Å². The van der Waals surface area contributed by atoms with Crippen LogP contribution in [0.2, 0.25) is 0 Å². The van der Waals surface area contributed by atoms with Crippen LogP contribution in [0.1, 0.15) is 56.3 Å². The first kappa shape index (κ1) is 15.7. The number of carbonyl (C=O) groups excluding carboxylic acids is 1. The van der Waals surface area contributed by atoms with Crippen LogP contribution in [-0.4, -0.2) is 35.0 Å². The molecule has 1 fully saturated rings. The van der Waals surface area contributed by atoms with Crippen LogP contribution >= 0.6 is 0 Å². The molecule has 2 rings (SSSR count). The minimum Gasteiger partial charge on any atom is -0.356 e. The second kappa shape index (κ2) is 6.87. The Morgan fingerprint density at radius 2 is 2.10 bits per heavy atom. The molecule has 0 aromatic carbocycles.